The first-order valence-corrected chi connectivity index (χ1v) is 9.41. The number of nitrogens with zero attached hydrogens (tertiary/aromatic N) is 3. The van der Waals surface area contributed by atoms with Crippen molar-refractivity contribution in [1.82, 2.24) is 14.8 Å². The molecule has 2 heterocycles. The van der Waals surface area contributed by atoms with E-state index in [2.05, 4.69) is 14.8 Å². The molecule has 1 aliphatic rings. The summed E-state index contributed by atoms with van der Waals surface area (Å²) < 4.78 is 19.4. The molecule has 0 aliphatic carbocycles. The van der Waals surface area contributed by atoms with Crippen molar-refractivity contribution in [2.24, 2.45) is 0 Å². The van der Waals surface area contributed by atoms with Crippen molar-refractivity contribution in [2.45, 2.75) is 32.5 Å². The summed E-state index contributed by atoms with van der Waals surface area (Å²) >= 11 is 0. The first kappa shape index (κ1) is 19.7. The molecule has 1 aromatic carbocycles. The fourth-order valence-corrected chi connectivity index (χ4v) is 3.65. The zero-order valence-corrected chi connectivity index (χ0v) is 16.1. The number of ether oxygens (including phenoxy) is 1. The second kappa shape index (κ2) is 9.26. The molecule has 1 atom stereocenters. The Balaban J connectivity index is 1.65. The van der Waals surface area contributed by atoms with Crippen LogP contribution in [0.25, 0.3) is 0 Å². The maximum absolute atomic E-state index is 14.3. The van der Waals surface area contributed by atoms with Gasteiger partial charge in [-0.05, 0) is 31.5 Å². The van der Waals surface area contributed by atoms with Gasteiger partial charge in [0, 0.05) is 62.7 Å². The highest BCUT2D eigenvalue weighted by Crippen LogP contribution is 2.22. The van der Waals surface area contributed by atoms with Gasteiger partial charge in [0.2, 0.25) is 0 Å². The number of pyridine rings is 1. The molecule has 3 rings (SSSR count). The maximum Gasteiger partial charge on any atom is 0.131 e. The molecule has 27 heavy (non-hydrogen) atoms. The zero-order chi connectivity index (χ0) is 19.2. The number of hydrogen-bond donors (Lipinski definition) is 1. The molecule has 0 saturated carbocycles. The first-order chi connectivity index (χ1) is 13.1. The molecule has 6 heteroatoms. The molecule has 146 valence electrons. The lowest BCUT2D eigenvalue weighted by molar-refractivity contribution is 0.0487. The van der Waals surface area contributed by atoms with E-state index < -0.39 is 0 Å². The third-order valence-corrected chi connectivity index (χ3v) is 5.12. The lowest BCUT2D eigenvalue weighted by Crippen LogP contribution is -2.52. The van der Waals surface area contributed by atoms with Gasteiger partial charge in [-0.1, -0.05) is 12.1 Å². The van der Waals surface area contributed by atoms with Gasteiger partial charge in [-0.3, -0.25) is 14.8 Å². The summed E-state index contributed by atoms with van der Waals surface area (Å²) in [5.41, 5.74) is 2.74. The Bertz CT molecular complexity index is 756. The van der Waals surface area contributed by atoms with Crippen molar-refractivity contribution >= 4 is 0 Å². The SMILES string of the molecule is COc1ccc(CN2CCN(Cc3cccc(C)n3)C[C@@H]2CCO)c(F)c1. The normalized spacial score (nSPS) is 18.6. The molecular formula is C21H28FN3O2. The molecular weight excluding hydrogens is 345 g/mol. The summed E-state index contributed by atoms with van der Waals surface area (Å²) in [7, 11) is 1.54. The van der Waals surface area contributed by atoms with Gasteiger partial charge in [-0.2, -0.15) is 0 Å². The van der Waals surface area contributed by atoms with Crippen LogP contribution >= 0.6 is 0 Å². The first-order valence-electron chi connectivity index (χ1n) is 9.41. The smallest absolute Gasteiger partial charge is 0.131 e. The Morgan fingerprint density at radius 1 is 1.22 bits per heavy atom. The average Bonchev–Trinajstić information content (AvgIpc) is 2.65. The zero-order valence-electron chi connectivity index (χ0n) is 16.1. The van der Waals surface area contributed by atoms with Gasteiger partial charge >= 0.3 is 0 Å². The molecule has 1 aliphatic heterocycles. The monoisotopic (exact) mass is 373 g/mol. The topological polar surface area (TPSA) is 48.8 Å². The van der Waals surface area contributed by atoms with Crippen molar-refractivity contribution in [2.75, 3.05) is 33.4 Å². The van der Waals surface area contributed by atoms with Crippen LogP contribution in [0.1, 0.15) is 23.4 Å². The molecule has 0 amide bonds. The number of benzene rings is 1. The Labute approximate surface area is 160 Å². The molecule has 0 radical (unpaired) electrons. The number of halogens is 1. The number of methoxy groups -OCH3 is 1. The molecule has 1 aromatic heterocycles. The van der Waals surface area contributed by atoms with Crippen LogP contribution in [0, 0.1) is 12.7 Å². The number of aliphatic hydroxyl groups excluding tert-OH is 1. The summed E-state index contributed by atoms with van der Waals surface area (Å²) in [4.78, 5) is 9.22. The average molecular weight is 373 g/mol. The largest absolute Gasteiger partial charge is 0.497 e. The van der Waals surface area contributed by atoms with E-state index in [0.29, 0.717) is 24.3 Å². The molecule has 0 bridgehead atoms. The summed E-state index contributed by atoms with van der Waals surface area (Å²) in [5, 5.41) is 9.49. The fraction of sp³-hybridized carbons (Fsp3) is 0.476. The number of aliphatic hydroxyl groups is 1. The van der Waals surface area contributed by atoms with Gasteiger partial charge in [0.25, 0.3) is 0 Å². The minimum absolute atomic E-state index is 0.128. The van der Waals surface area contributed by atoms with Gasteiger partial charge < -0.3 is 9.84 Å². The van der Waals surface area contributed by atoms with E-state index in [1.165, 1.54) is 13.2 Å². The molecule has 1 saturated heterocycles. The quantitative estimate of drug-likeness (QED) is 0.809. The van der Waals surface area contributed by atoms with E-state index in [-0.39, 0.29) is 18.5 Å². The van der Waals surface area contributed by atoms with Crippen LogP contribution in [0.15, 0.2) is 36.4 Å². The van der Waals surface area contributed by atoms with E-state index >= 15 is 0 Å². The maximum atomic E-state index is 14.3. The summed E-state index contributed by atoms with van der Waals surface area (Å²) in [6, 6.07) is 11.3. The highest BCUT2D eigenvalue weighted by atomic mass is 19.1. The summed E-state index contributed by atoms with van der Waals surface area (Å²) in [6.45, 7) is 6.04. The van der Waals surface area contributed by atoms with Crippen LogP contribution in [0.4, 0.5) is 4.39 Å². The second-order valence-electron chi connectivity index (χ2n) is 7.10. The van der Waals surface area contributed by atoms with Crippen molar-refractivity contribution in [3.63, 3.8) is 0 Å². The van der Waals surface area contributed by atoms with Crippen molar-refractivity contribution < 1.29 is 14.2 Å². The van der Waals surface area contributed by atoms with Gasteiger partial charge in [0.05, 0.1) is 12.8 Å². The second-order valence-corrected chi connectivity index (χ2v) is 7.10. The molecule has 5 nitrogen and oxygen atoms in total. The van der Waals surface area contributed by atoms with Gasteiger partial charge in [-0.15, -0.1) is 0 Å². The van der Waals surface area contributed by atoms with E-state index in [1.807, 2.05) is 25.1 Å². The van der Waals surface area contributed by atoms with Gasteiger partial charge in [-0.25, -0.2) is 4.39 Å². The van der Waals surface area contributed by atoms with E-state index in [4.69, 9.17) is 4.74 Å². The van der Waals surface area contributed by atoms with Crippen LogP contribution < -0.4 is 4.74 Å². The third-order valence-electron chi connectivity index (χ3n) is 5.12. The standard InChI is InChI=1S/C21H28FN3O2/c1-16-4-3-5-18(23-16)14-24-9-10-25(19(15-24)8-11-26)13-17-6-7-20(27-2)12-21(17)22/h3-7,12,19,26H,8-11,13-15H2,1-2H3/t19-/m0/s1. The Morgan fingerprint density at radius 2 is 2.07 bits per heavy atom. The lowest BCUT2D eigenvalue weighted by Gasteiger charge is -2.41. The minimum Gasteiger partial charge on any atom is -0.497 e. The van der Waals surface area contributed by atoms with Crippen molar-refractivity contribution in [1.29, 1.82) is 0 Å². The molecule has 0 unspecified atom stereocenters. The summed E-state index contributed by atoms with van der Waals surface area (Å²) in [6.07, 6.45) is 0.676. The highest BCUT2D eigenvalue weighted by Gasteiger charge is 2.27. The van der Waals surface area contributed by atoms with E-state index in [0.717, 1.165) is 37.6 Å². The van der Waals surface area contributed by atoms with Gasteiger partial charge in [0.1, 0.15) is 11.6 Å². The van der Waals surface area contributed by atoms with E-state index in [9.17, 15) is 9.50 Å². The Morgan fingerprint density at radius 3 is 2.78 bits per heavy atom. The number of aryl methyl sites for hydroxylation is 1. The summed E-state index contributed by atoms with van der Waals surface area (Å²) in [5.74, 6) is 0.280. The van der Waals surface area contributed by atoms with Crippen LogP contribution in [-0.4, -0.2) is 59.3 Å². The van der Waals surface area contributed by atoms with E-state index in [1.54, 1.807) is 12.1 Å². The lowest BCUT2D eigenvalue weighted by atomic mass is 10.1. The highest BCUT2D eigenvalue weighted by molar-refractivity contribution is 5.29. The fourth-order valence-electron chi connectivity index (χ4n) is 3.65. The van der Waals surface area contributed by atoms with Crippen LogP contribution in [0.2, 0.25) is 0 Å². The van der Waals surface area contributed by atoms with Crippen LogP contribution in [0.5, 0.6) is 5.75 Å². The predicted molar refractivity (Wildman–Crippen MR) is 103 cm³/mol. The van der Waals surface area contributed by atoms with Crippen LogP contribution in [-0.2, 0) is 13.1 Å². The number of hydrogen-bond acceptors (Lipinski definition) is 5. The van der Waals surface area contributed by atoms with Crippen LogP contribution in [0.3, 0.4) is 0 Å². The number of rotatable bonds is 7. The molecule has 2 aromatic rings. The van der Waals surface area contributed by atoms with Crippen molar-refractivity contribution in [3.8, 4) is 5.75 Å². The minimum atomic E-state index is -0.247. The van der Waals surface area contributed by atoms with Crippen molar-refractivity contribution in [3.05, 3.63) is 59.2 Å². The molecule has 1 N–H and O–H groups in total. The predicted octanol–water partition coefficient (Wildman–Crippen LogP) is 2.61. The molecule has 0 spiro atoms. The Kier molecular flexibility index (Phi) is 6.77. The van der Waals surface area contributed by atoms with Gasteiger partial charge in [0.15, 0.2) is 0 Å². The Hall–Kier alpha value is -2.02. The molecule has 1 fully saturated rings. The number of aromatic nitrogens is 1. The third kappa shape index (κ3) is 5.25. The number of piperazine rings is 1.